The summed E-state index contributed by atoms with van der Waals surface area (Å²) in [6, 6.07) is 12.9. The molecule has 0 fully saturated rings. The summed E-state index contributed by atoms with van der Waals surface area (Å²) in [6.45, 7) is 0. The van der Waals surface area contributed by atoms with Crippen LogP contribution in [0.25, 0.3) is 11.3 Å². The molecule has 0 atom stereocenters. The van der Waals surface area contributed by atoms with Crippen LogP contribution in [0.15, 0.2) is 48.5 Å². The Hall–Kier alpha value is -2.80. The highest BCUT2D eigenvalue weighted by Crippen LogP contribution is 2.26. The fourth-order valence-electron chi connectivity index (χ4n) is 2.03. The highest BCUT2D eigenvalue weighted by atomic mass is 32.1. The minimum absolute atomic E-state index is 0.361. The van der Waals surface area contributed by atoms with E-state index in [1.807, 2.05) is 0 Å². The molecule has 0 aliphatic heterocycles. The number of rotatable bonds is 4. The lowest BCUT2D eigenvalue weighted by atomic mass is 10.1. The molecule has 1 amide bonds. The lowest BCUT2D eigenvalue weighted by molar-refractivity contribution is 0.103. The van der Waals surface area contributed by atoms with Crippen molar-refractivity contribution in [1.82, 2.24) is 9.59 Å². The van der Waals surface area contributed by atoms with Crippen LogP contribution in [-0.2, 0) is 0 Å². The standard InChI is InChI=1S/C16H12FN3O2S/c1-22-13-7-5-10(6-8-13)14-15(23-20-19-14)16(21)18-12-4-2-3-11(17)9-12/h2-9H,1H3,(H,18,21). The van der Waals surface area contributed by atoms with Crippen LogP contribution >= 0.6 is 11.5 Å². The summed E-state index contributed by atoms with van der Waals surface area (Å²) in [5.41, 5.74) is 1.61. The average molecular weight is 329 g/mol. The van der Waals surface area contributed by atoms with Gasteiger partial charge in [-0.1, -0.05) is 10.6 Å². The Morgan fingerprint density at radius 3 is 2.70 bits per heavy atom. The number of ether oxygens (including phenoxy) is 1. The zero-order chi connectivity index (χ0) is 16.2. The smallest absolute Gasteiger partial charge is 0.269 e. The number of anilines is 1. The molecule has 0 saturated carbocycles. The Balaban J connectivity index is 1.86. The van der Waals surface area contributed by atoms with Gasteiger partial charge in [-0.2, -0.15) is 0 Å². The first-order valence-corrected chi connectivity index (χ1v) is 7.48. The summed E-state index contributed by atoms with van der Waals surface area (Å²) >= 11 is 0.988. The lowest BCUT2D eigenvalue weighted by Gasteiger charge is -2.05. The summed E-state index contributed by atoms with van der Waals surface area (Å²) in [7, 11) is 1.58. The number of amides is 1. The van der Waals surface area contributed by atoms with Crippen LogP contribution in [0.5, 0.6) is 5.75 Å². The van der Waals surface area contributed by atoms with E-state index in [1.54, 1.807) is 37.4 Å². The minimum Gasteiger partial charge on any atom is -0.497 e. The number of carbonyl (C=O) groups is 1. The summed E-state index contributed by atoms with van der Waals surface area (Å²) in [5.74, 6) is -0.0836. The van der Waals surface area contributed by atoms with Gasteiger partial charge in [0.15, 0.2) is 0 Å². The molecule has 0 unspecified atom stereocenters. The molecule has 23 heavy (non-hydrogen) atoms. The molecule has 0 bridgehead atoms. The van der Waals surface area contributed by atoms with Crippen LogP contribution in [0.2, 0.25) is 0 Å². The molecule has 5 nitrogen and oxygen atoms in total. The molecular weight excluding hydrogens is 317 g/mol. The molecule has 7 heteroatoms. The van der Waals surface area contributed by atoms with Crippen LogP contribution in [0.4, 0.5) is 10.1 Å². The van der Waals surface area contributed by atoms with E-state index in [2.05, 4.69) is 14.9 Å². The van der Waals surface area contributed by atoms with E-state index >= 15 is 0 Å². The van der Waals surface area contributed by atoms with Crippen LogP contribution in [-0.4, -0.2) is 22.6 Å². The SMILES string of the molecule is COc1ccc(-c2nnsc2C(=O)Nc2cccc(F)c2)cc1. The van der Waals surface area contributed by atoms with E-state index in [0.29, 0.717) is 22.0 Å². The number of benzene rings is 2. The summed E-state index contributed by atoms with van der Waals surface area (Å²) in [5, 5.41) is 6.66. The average Bonchev–Trinajstić information content (AvgIpc) is 3.05. The molecule has 3 aromatic rings. The van der Waals surface area contributed by atoms with Gasteiger partial charge in [0.1, 0.15) is 22.1 Å². The second-order valence-corrected chi connectivity index (χ2v) is 5.40. The fourth-order valence-corrected chi connectivity index (χ4v) is 2.61. The van der Waals surface area contributed by atoms with Crippen molar-refractivity contribution in [1.29, 1.82) is 0 Å². The maximum absolute atomic E-state index is 13.2. The molecule has 2 aromatic carbocycles. The van der Waals surface area contributed by atoms with Crippen LogP contribution < -0.4 is 10.1 Å². The number of methoxy groups -OCH3 is 1. The molecule has 0 aliphatic rings. The van der Waals surface area contributed by atoms with Crippen LogP contribution in [0.3, 0.4) is 0 Å². The number of hydrogen-bond donors (Lipinski definition) is 1. The van der Waals surface area contributed by atoms with Gasteiger partial charge >= 0.3 is 0 Å². The van der Waals surface area contributed by atoms with Crippen molar-refractivity contribution in [2.45, 2.75) is 0 Å². The Labute approximate surface area is 135 Å². The van der Waals surface area contributed by atoms with Gasteiger partial charge < -0.3 is 10.1 Å². The molecule has 1 heterocycles. The molecule has 116 valence electrons. The summed E-state index contributed by atoms with van der Waals surface area (Å²) in [6.07, 6.45) is 0. The molecular formula is C16H12FN3O2S. The van der Waals surface area contributed by atoms with Gasteiger partial charge in [-0.15, -0.1) is 5.10 Å². The molecule has 0 aliphatic carbocycles. The first kappa shape index (κ1) is 15.1. The van der Waals surface area contributed by atoms with Crippen molar-refractivity contribution in [3.63, 3.8) is 0 Å². The Morgan fingerprint density at radius 1 is 1.22 bits per heavy atom. The number of nitrogens with zero attached hydrogens (tertiary/aromatic N) is 2. The molecule has 1 aromatic heterocycles. The van der Waals surface area contributed by atoms with E-state index in [9.17, 15) is 9.18 Å². The number of halogens is 1. The van der Waals surface area contributed by atoms with Crippen molar-refractivity contribution in [3.05, 3.63) is 59.2 Å². The van der Waals surface area contributed by atoms with Gasteiger partial charge in [-0.25, -0.2) is 4.39 Å². The van der Waals surface area contributed by atoms with Gasteiger partial charge in [-0.05, 0) is 54.0 Å². The van der Waals surface area contributed by atoms with Gasteiger partial charge in [0.05, 0.1) is 7.11 Å². The third kappa shape index (κ3) is 3.35. The predicted molar refractivity (Wildman–Crippen MR) is 86.3 cm³/mol. The van der Waals surface area contributed by atoms with E-state index in [1.165, 1.54) is 18.2 Å². The zero-order valence-corrected chi connectivity index (χ0v) is 12.9. The Kier molecular flexibility index (Phi) is 4.29. The third-order valence-corrected chi connectivity index (χ3v) is 3.86. The third-order valence-electron chi connectivity index (χ3n) is 3.14. The topological polar surface area (TPSA) is 64.1 Å². The highest BCUT2D eigenvalue weighted by Gasteiger charge is 2.18. The van der Waals surface area contributed by atoms with E-state index in [4.69, 9.17) is 4.74 Å². The van der Waals surface area contributed by atoms with Gasteiger partial charge in [-0.3, -0.25) is 4.79 Å². The van der Waals surface area contributed by atoms with Crippen molar-refractivity contribution < 1.29 is 13.9 Å². The predicted octanol–water partition coefficient (Wildman–Crippen LogP) is 3.61. The second kappa shape index (κ2) is 6.53. The largest absolute Gasteiger partial charge is 0.497 e. The number of aromatic nitrogens is 2. The molecule has 1 N–H and O–H groups in total. The summed E-state index contributed by atoms with van der Waals surface area (Å²) in [4.78, 5) is 12.7. The molecule has 0 radical (unpaired) electrons. The quantitative estimate of drug-likeness (QED) is 0.794. The Morgan fingerprint density at radius 2 is 2.00 bits per heavy atom. The zero-order valence-electron chi connectivity index (χ0n) is 12.1. The normalized spacial score (nSPS) is 10.3. The molecule has 0 saturated heterocycles. The maximum atomic E-state index is 13.2. The fraction of sp³-hybridized carbons (Fsp3) is 0.0625. The van der Waals surface area contributed by atoms with E-state index in [-0.39, 0.29) is 5.91 Å². The number of hydrogen-bond acceptors (Lipinski definition) is 5. The summed E-state index contributed by atoms with van der Waals surface area (Å²) < 4.78 is 22.1. The minimum atomic E-state index is -0.416. The Bertz CT molecular complexity index is 833. The molecule has 0 spiro atoms. The maximum Gasteiger partial charge on any atom is 0.269 e. The van der Waals surface area contributed by atoms with Crippen molar-refractivity contribution in [2.75, 3.05) is 12.4 Å². The van der Waals surface area contributed by atoms with Crippen molar-refractivity contribution in [3.8, 4) is 17.0 Å². The van der Waals surface area contributed by atoms with Crippen LogP contribution in [0.1, 0.15) is 9.67 Å². The van der Waals surface area contributed by atoms with Crippen LogP contribution in [0, 0.1) is 5.82 Å². The van der Waals surface area contributed by atoms with E-state index < -0.39 is 5.82 Å². The second-order valence-electron chi connectivity index (χ2n) is 4.64. The first-order valence-electron chi connectivity index (χ1n) is 6.71. The molecule has 3 rings (SSSR count). The van der Waals surface area contributed by atoms with Crippen molar-refractivity contribution in [2.24, 2.45) is 0 Å². The van der Waals surface area contributed by atoms with E-state index in [0.717, 1.165) is 17.1 Å². The van der Waals surface area contributed by atoms with Gasteiger partial charge in [0, 0.05) is 11.3 Å². The number of nitrogens with one attached hydrogen (secondary N) is 1. The number of carbonyl (C=O) groups excluding carboxylic acids is 1. The van der Waals surface area contributed by atoms with Gasteiger partial charge in [0.2, 0.25) is 0 Å². The highest BCUT2D eigenvalue weighted by molar-refractivity contribution is 7.08. The van der Waals surface area contributed by atoms with Gasteiger partial charge in [0.25, 0.3) is 5.91 Å². The lowest BCUT2D eigenvalue weighted by Crippen LogP contribution is -2.11. The monoisotopic (exact) mass is 329 g/mol. The first-order chi connectivity index (χ1) is 11.2. The van der Waals surface area contributed by atoms with Crippen molar-refractivity contribution >= 4 is 23.1 Å².